The summed E-state index contributed by atoms with van der Waals surface area (Å²) >= 11 is 0. The lowest BCUT2D eigenvalue weighted by Gasteiger charge is -2.45. The summed E-state index contributed by atoms with van der Waals surface area (Å²) in [5.74, 6) is 0. The molecule has 0 unspecified atom stereocenters. The number of aryl methyl sites for hydroxylation is 2. The lowest BCUT2D eigenvalue weighted by molar-refractivity contribution is 0.145. The molecule has 24 heavy (non-hydrogen) atoms. The predicted molar refractivity (Wildman–Crippen MR) is 104 cm³/mol. The normalized spacial score (nSPS) is 19.1. The molecule has 128 valence electrons. The molecule has 2 aromatic rings. The largest absolute Gasteiger partial charge is 0.0622 e. The van der Waals surface area contributed by atoms with Crippen molar-refractivity contribution in [2.45, 2.75) is 71.1 Å². The van der Waals surface area contributed by atoms with Crippen molar-refractivity contribution < 1.29 is 0 Å². The van der Waals surface area contributed by atoms with Gasteiger partial charge in [0.05, 0.1) is 0 Å². The predicted octanol–water partition coefficient (Wildman–Crippen LogP) is 6.86. The van der Waals surface area contributed by atoms with Gasteiger partial charge in [0.15, 0.2) is 0 Å². The number of hydrogen-bond acceptors (Lipinski definition) is 0. The Labute approximate surface area is 148 Å². The van der Waals surface area contributed by atoms with E-state index in [1.54, 1.807) is 5.56 Å². The molecule has 3 rings (SSSR count). The summed E-state index contributed by atoms with van der Waals surface area (Å²) in [6.07, 6.45) is 9.30. The van der Waals surface area contributed by atoms with Crippen LogP contribution in [0, 0.1) is 12.3 Å². The van der Waals surface area contributed by atoms with Crippen LogP contribution in [0.25, 0.3) is 0 Å². The van der Waals surface area contributed by atoms with Crippen LogP contribution in [0.3, 0.4) is 0 Å². The Bertz CT molecular complexity index is 649. The zero-order valence-corrected chi connectivity index (χ0v) is 15.6. The first-order valence-electron chi connectivity index (χ1n) is 9.65. The molecule has 0 radical (unpaired) electrons. The van der Waals surface area contributed by atoms with Crippen LogP contribution >= 0.6 is 0 Å². The molecule has 1 saturated carbocycles. The fourth-order valence-electron chi connectivity index (χ4n) is 4.83. The van der Waals surface area contributed by atoms with E-state index in [-0.39, 0.29) is 5.41 Å². The molecule has 0 bridgehead atoms. The first-order chi connectivity index (χ1) is 11.6. The minimum atomic E-state index is 0.285. The zero-order chi connectivity index (χ0) is 17.0. The molecule has 1 atom stereocenters. The zero-order valence-electron chi connectivity index (χ0n) is 15.6. The van der Waals surface area contributed by atoms with Gasteiger partial charge in [0, 0.05) is 0 Å². The van der Waals surface area contributed by atoms with E-state index >= 15 is 0 Å². The summed E-state index contributed by atoms with van der Waals surface area (Å²) in [6.45, 7) is 7.32. The lowest BCUT2D eigenvalue weighted by atomic mass is 9.59. The third-order valence-electron chi connectivity index (χ3n) is 6.83. The Morgan fingerprint density at radius 3 is 2.21 bits per heavy atom. The highest BCUT2D eigenvalue weighted by Crippen LogP contribution is 2.54. The maximum atomic E-state index is 2.54. The maximum absolute atomic E-state index is 2.54. The molecule has 0 heterocycles. The topological polar surface area (TPSA) is 0 Å². The van der Waals surface area contributed by atoms with Gasteiger partial charge in [0.25, 0.3) is 0 Å². The van der Waals surface area contributed by atoms with Gasteiger partial charge in [-0.05, 0) is 66.5 Å². The summed E-state index contributed by atoms with van der Waals surface area (Å²) in [5.41, 5.74) is 5.22. The van der Waals surface area contributed by atoms with E-state index in [2.05, 4.69) is 75.4 Å². The lowest BCUT2D eigenvalue weighted by Crippen LogP contribution is -2.39. The molecule has 0 amide bonds. The van der Waals surface area contributed by atoms with E-state index in [9.17, 15) is 0 Å². The minimum absolute atomic E-state index is 0.285. The molecule has 1 fully saturated rings. The Hall–Kier alpha value is -1.56. The van der Waals surface area contributed by atoms with Crippen molar-refractivity contribution in [3.05, 3.63) is 71.3 Å². The van der Waals surface area contributed by atoms with Gasteiger partial charge in [-0.25, -0.2) is 0 Å². The fourth-order valence-corrected chi connectivity index (χ4v) is 4.83. The van der Waals surface area contributed by atoms with Crippen molar-refractivity contribution in [1.29, 1.82) is 0 Å². The van der Waals surface area contributed by atoms with Gasteiger partial charge in [0.1, 0.15) is 0 Å². The van der Waals surface area contributed by atoms with Gasteiger partial charge in [0.2, 0.25) is 0 Å². The quantitative estimate of drug-likeness (QED) is 0.545. The third-order valence-corrected chi connectivity index (χ3v) is 6.83. The Morgan fingerprint density at radius 2 is 1.54 bits per heavy atom. The fraction of sp³-hybridized carbons (Fsp3) is 0.500. The summed E-state index contributed by atoms with van der Waals surface area (Å²) in [7, 11) is 0. The van der Waals surface area contributed by atoms with Crippen molar-refractivity contribution >= 4 is 0 Å². The van der Waals surface area contributed by atoms with Crippen LogP contribution in [0.5, 0.6) is 0 Å². The summed E-state index contributed by atoms with van der Waals surface area (Å²) in [4.78, 5) is 0. The molecule has 1 aliphatic carbocycles. The first kappa shape index (κ1) is 17.3. The van der Waals surface area contributed by atoms with Gasteiger partial charge in [-0.3, -0.25) is 0 Å². The summed E-state index contributed by atoms with van der Waals surface area (Å²) < 4.78 is 0. The standard InChI is InChI=1S/C24H32/c1-20-12-7-8-13-21(20)14-11-19-24(3,22-15-5-4-6-16-22)23(2)17-9-10-18-23/h4-8,12-13,15-16H,9-11,14,17-19H2,1-3H3/t24-/m1/s1. The van der Waals surface area contributed by atoms with Crippen molar-refractivity contribution in [3.8, 4) is 0 Å². The van der Waals surface area contributed by atoms with E-state index < -0.39 is 0 Å². The molecular weight excluding hydrogens is 288 g/mol. The first-order valence-corrected chi connectivity index (χ1v) is 9.65. The monoisotopic (exact) mass is 320 g/mol. The average molecular weight is 321 g/mol. The summed E-state index contributed by atoms with van der Waals surface area (Å²) in [5, 5.41) is 0. The van der Waals surface area contributed by atoms with Crippen LogP contribution < -0.4 is 0 Å². The van der Waals surface area contributed by atoms with Crippen LogP contribution in [-0.4, -0.2) is 0 Å². The Balaban J connectivity index is 1.80. The molecular formula is C24H32. The molecule has 0 heteroatoms. The van der Waals surface area contributed by atoms with Crippen molar-refractivity contribution in [2.75, 3.05) is 0 Å². The third kappa shape index (κ3) is 3.29. The van der Waals surface area contributed by atoms with Crippen LogP contribution in [0.2, 0.25) is 0 Å². The van der Waals surface area contributed by atoms with Gasteiger partial charge in [-0.15, -0.1) is 0 Å². The van der Waals surface area contributed by atoms with Crippen LogP contribution in [0.1, 0.15) is 69.1 Å². The number of hydrogen-bond donors (Lipinski definition) is 0. The van der Waals surface area contributed by atoms with Gasteiger partial charge in [-0.2, -0.15) is 0 Å². The average Bonchev–Trinajstić information content (AvgIpc) is 3.05. The Morgan fingerprint density at radius 1 is 0.917 bits per heavy atom. The SMILES string of the molecule is Cc1ccccc1CCC[C@](C)(c1ccccc1)C1(C)CCCC1. The highest BCUT2D eigenvalue weighted by atomic mass is 14.5. The summed E-state index contributed by atoms with van der Waals surface area (Å²) in [6, 6.07) is 20.2. The van der Waals surface area contributed by atoms with E-state index in [4.69, 9.17) is 0 Å². The van der Waals surface area contributed by atoms with E-state index in [1.165, 1.54) is 56.1 Å². The second kappa shape index (κ2) is 7.13. The van der Waals surface area contributed by atoms with Gasteiger partial charge >= 0.3 is 0 Å². The molecule has 0 spiro atoms. The van der Waals surface area contributed by atoms with E-state index in [0.717, 1.165) is 0 Å². The van der Waals surface area contributed by atoms with Gasteiger partial charge in [-0.1, -0.05) is 81.3 Å². The molecule has 1 aliphatic rings. The molecule has 0 aliphatic heterocycles. The van der Waals surface area contributed by atoms with Crippen LogP contribution in [-0.2, 0) is 11.8 Å². The van der Waals surface area contributed by atoms with Gasteiger partial charge < -0.3 is 0 Å². The van der Waals surface area contributed by atoms with Crippen molar-refractivity contribution in [2.24, 2.45) is 5.41 Å². The van der Waals surface area contributed by atoms with Crippen molar-refractivity contribution in [3.63, 3.8) is 0 Å². The Kier molecular flexibility index (Phi) is 5.13. The maximum Gasteiger partial charge on any atom is -0.00214 e. The molecule has 0 aromatic heterocycles. The number of benzene rings is 2. The molecule has 0 nitrogen and oxygen atoms in total. The van der Waals surface area contributed by atoms with E-state index in [0.29, 0.717) is 5.41 Å². The highest BCUT2D eigenvalue weighted by Gasteiger charge is 2.46. The highest BCUT2D eigenvalue weighted by molar-refractivity contribution is 5.29. The van der Waals surface area contributed by atoms with E-state index in [1.807, 2.05) is 0 Å². The smallest absolute Gasteiger partial charge is 0.00214 e. The van der Waals surface area contributed by atoms with Crippen LogP contribution in [0.15, 0.2) is 54.6 Å². The second-order valence-corrected chi connectivity index (χ2v) is 8.25. The number of rotatable bonds is 6. The molecule has 0 N–H and O–H groups in total. The van der Waals surface area contributed by atoms with Crippen molar-refractivity contribution in [1.82, 2.24) is 0 Å². The minimum Gasteiger partial charge on any atom is -0.0622 e. The molecule has 0 saturated heterocycles. The second-order valence-electron chi connectivity index (χ2n) is 8.25. The molecule has 2 aromatic carbocycles. The van der Waals surface area contributed by atoms with Crippen LogP contribution in [0.4, 0.5) is 0 Å².